The topological polar surface area (TPSA) is 104 Å². The third-order valence-electron chi connectivity index (χ3n) is 3.98. The van der Waals surface area contributed by atoms with E-state index >= 15 is 0 Å². The first-order chi connectivity index (χ1) is 12.7. The van der Waals surface area contributed by atoms with Crippen LogP contribution in [-0.4, -0.2) is 38.5 Å². The molecule has 0 bridgehead atoms. The first-order valence-electron chi connectivity index (χ1n) is 7.42. The first-order valence-corrected chi connectivity index (χ1v) is 8.21. The van der Waals surface area contributed by atoms with Gasteiger partial charge in [0, 0.05) is 10.5 Å². The maximum atomic E-state index is 14.4. The second-order valence-corrected chi connectivity index (χ2v) is 6.53. The summed E-state index contributed by atoms with van der Waals surface area (Å²) in [5, 5.41) is 21.2. The van der Waals surface area contributed by atoms with Crippen molar-refractivity contribution in [3.8, 4) is 0 Å². The summed E-state index contributed by atoms with van der Waals surface area (Å²) in [5.41, 5.74) is -1.96. The summed E-state index contributed by atoms with van der Waals surface area (Å²) in [4.78, 5) is 35.2. The van der Waals surface area contributed by atoms with E-state index in [2.05, 4.69) is 15.9 Å². The van der Waals surface area contributed by atoms with Crippen molar-refractivity contribution in [3.05, 3.63) is 73.7 Å². The standard InChI is InChI=1S/C16H10BrF2N3O5/c17-9-3-1-2-8(6-9)15-20(7-12(23)21(15)25)16(24)13-10(18)4-5-11(14(13)19)22(26)27/h1-6,15,25H,7H2. The Balaban J connectivity index is 2.09. The normalized spacial score (nSPS) is 16.7. The molecule has 1 aliphatic heterocycles. The van der Waals surface area contributed by atoms with Crippen LogP contribution in [0, 0.1) is 21.7 Å². The highest BCUT2D eigenvalue weighted by molar-refractivity contribution is 9.10. The molecule has 1 fully saturated rings. The summed E-state index contributed by atoms with van der Waals surface area (Å²) in [7, 11) is 0. The van der Waals surface area contributed by atoms with Crippen molar-refractivity contribution < 1.29 is 28.5 Å². The zero-order chi connectivity index (χ0) is 19.9. The number of nitrogens with zero attached hydrogens (tertiary/aromatic N) is 3. The number of hydrogen-bond acceptors (Lipinski definition) is 5. The lowest BCUT2D eigenvalue weighted by molar-refractivity contribution is -0.387. The number of halogens is 3. The number of rotatable bonds is 3. The Morgan fingerprint density at radius 2 is 2.00 bits per heavy atom. The van der Waals surface area contributed by atoms with Gasteiger partial charge in [0.05, 0.1) is 4.92 Å². The van der Waals surface area contributed by atoms with Crippen molar-refractivity contribution in [1.29, 1.82) is 0 Å². The van der Waals surface area contributed by atoms with Gasteiger partial charge in [-0.15, -0.1) is 0 Å². The van der Waals surface area contributed by atoms with E-state index in [9.17, 15) is 33.7 Å². The summed E-state index contributed by atoms with van der Waals surface area (Å²) in [5.74, 6) is -5.15. The lowest BCUT2D eigenvalue weighted by Crippen LogP contribution is -2.35. The maximum absolute atomic E-state index is 14.4. The van der Waals surface area contributed by atoms with Gasteiger partial charge in [0.15, 0.2) is 6.17 Å². The summed E-state index contributed by atoms with van der Waals surface area (Å²) in [6.45, 7) is -0.659. The van der Waals surface area contributed by atoms with Crippen molar-refractivity contribution in [2.75, 3.05) is 6.54 Å². The van der Waals surface area contributed by atoms with Crippen LogP contribution in [0.3, 0.4) is 0 Å². The van der Waals surface area contributed by atoms with Crippen LogP contribution in [0.15, 0.2) is 40.9 Å². The number of hydroxylamine groups is 2. The second kappa shape index (κ2) is 7.00. The van der Waals surface area contributed by atoms with Gasteiger partial charge in [-0.2, -0.15) is 9.45 Å². The average Bonchev–Trinajstić information content (AvgIpc) is 2.89. The third-order valence-corrected chi connectivity index (χ3v) is 4.47. The van der Waals surface area contributed by atoms with E-state index in [4.69, 9.17) is 0 Å². The number of amides is 2. The van der Waals surface area contributed by atoms with E-state index < -0.39 is 52.3 Å². The van der Waals surface area contributed by atoms with E-state index in [-0.39, 0.29) is 10.6 Å². The molecule has 2 aromatic rings. The molecule has 1 atom stereocenters. The summed E-state index contributed by atoms with van der Waals surface area (Å²) >= 11 is 3.21. The Kier molecular flexibility index (Phi) is 4.89. The number of nitro groups is 1. The Morgan fingerprint density at radius 3 is 2.63 bits per heavy atom. The van der Waals surface area contributed by atoms with Gasteiger partial charge in [0.1, 0.15) is 17.9 Å². The van der Waals surface area contributed by atoms with Gasteiger partial charge in [0.2, 0.25) is 5.82 Å². The first kappa shape index (κ1) is 18.9. The molecule has 8 nitrogen and oxygen atoms in total. The molecule has 11 heteroatoms. The Labute approximate surface area is 158 Å². The molecule has 140 valence electrons. The third kappa shape index (κ3) is 3.26. The molecule has 0 aliphatic carbocycles. The highest BCUT2D eigenvalue weighted by Gasteiger charge is 2.43. The molecular weight excluding hydrogens is 432 g/mol. The van der Waals surface area contributed by atoms with Crippen molar-refractivity contribution >= 4 is 33.4 Å². The molecular formula is C16H10BrF2N3O5. The van der Waals surface area contributed by atoms with Crippen molar-refractivity contribution in [3.63, 3.8) is 0 Å². The maximum Gasteiger partial charge on any atom is 0.305 e. The molecule has 3 rings (SSSR count). The van der Waals surface area contributed by atoms with Gasteiger partial charge in [0.25, 0.3) is 11.8 Å². The van der Waals surface area contributed by atoms with Crippen LogP contribution in [0.5, 0.6) is 0 Å². The molecule has 1 N–H and O–H groups in total. The van der Waals surface area contributed by atoms with Gasteiger partial charge in [-0.25, -0.2) is 4.39 Å². The summed E-state index contributed by atoms with van der Waals surface area (Å²) < 4.78 is 29.1. The molecule has 27 heavy (non-hydrogen) atoms. The summed E-state index contributed by atoms with van der Waals surface area (Å²) in [6.07, 6.45) is -1.35. The molecule has 2 amide bonds. The van der Waals surface area contributed by atoms with Crippen LogP contribution in [-0.2, 0) is 4.79 Å². The van der Waals surface area contributed by atoms with Gasteiger partial charge < -0.3 is 4.90 Å². The Hall–Kier alpha value is -2.92. The zero-order valence-corrected chi connectivity index (χ0v) is 14.9. The highest BCUT2D eigenvalue weighted by Crippen LogP contribution is 2.34. The lowest BCUT2D eigenvalue weighted by Gasteiger charge is -2.26. The minimum absolute atomic E-state index is 0.271. The highest BCUT2D eigenvalue weighted by atomic mass is 79.9. The number of carbonyl (C=O) groups excluding carboxylic acids is 2. The molecule has 1 heterocycles. The molecule has 2 aromatic carbocycles. The fourth-order valence-corrected chi connectivity index (χ4v) is 3.18. The van der Waals surface area contributed by atoms with E-state index in [0.29, 0.717) is 16.6 Å². The second-order valence-electron chi connectivity index (χ2n) is 5.61. The van der Waals surface area contributed by atoms with Gasteiger partial charge >= 0.3 is 5.69 Å². The van der Waals surface area contributed by atoms with Crippen LogP contribution in [0.25, 0.3) is 0 Å². The molecule has 1 saturated heterocycles. The Morgan fingerprint density at radius 1 is 1.30 bits per heavy atom. The fraction of sp³-hybridized carbons (Fsp3) is 0.125. The van der Waals surface area contributed by atoms with Crippen molar-refractivity contribution in [2.24, 2.45) is 0 Å². The molecule has 0 saturated carbocycles. The smallest absolute Gasteiger partial charge is 0.302 e. The predicted molar refractivity (Wildman–Crippen MR) is 89.6 cm³/mol. The minimum atomic E-state index is -1.65. The average molecular weight is 442 g/mol. The van der Waals surface area contributed by atoms with Crippen LogP contribution in [0.2, 0.25) is 0 Å². The largest absolute Gasteiger partial charge is 0.305 e. The van der Waals surface area contributed by atoms with Crippen LogP contribution in [0.4, 0.5) is 14.5 Å². The summed E-state index contributed by atoms with van der Waals surface area (Å²) in [6, 6.07) is 7.43. The van der Waals surface area contributed by atoms with Crippen LogP contribution in [0.1, 0.15) is 22.1 Å². The Bertz CT molecular complexity index is 971. The zero-order valence-electron chi connectivity index (χ0n) is 13.3. The van der Waals surface area contributed by atoms with Crippen LogP contribution >= 0.6 is 15.9 Å². The number of nitro benzene ring substituents is 1. The lowest BCUT2D eigenvalue weighted by atomic mass is 10.1. The van der Waals surface area contributed by atoms with Gasteiger partial charge in [-0.05, 0) is 23.8 Å². The van der Waals surface area contributed by atoms with Crippen LogP contribution < -0.4 is 0 Å². The molecule has 0 aromatic heterocycles. The van der Waals surface area contributed by atoms with E-state index in [1.807, 2.05) is 0 Å². The van der Waals surface area contributed by atoms with Crippen molar-refractivity contribution in [2.45, 2.75) is 6.17 Å². The molecule has 0 radical (unpaired) electrons. The van der Waals surface area contributed by atoms with Crippen molar-refractivity contribution in [1.82, 2.24) is 9.96 Å². The van der Waals surface area contributed by atoms with E-state index in [0.717, 1.165) is 4.90 Å². The van der Waals surface area contributed by atoms with Gasteiger partial charge in [-0.3, -0.25) is 24.9 Å². The van der Waals surface area contributed by atoms with Gasteiger partial charge in [-0.1, -0.05) is 28.1 Å². The molecule has 1 unspecified atom stereocenters. The number of benzene rings is 2. The van der Waals surface area contributed by atoms with E-state index in [1.54, 1.807) is 12.1 Å². The predicted octanol–water partition coefficient (Wildman–Crippen LogP) is 3.01. The minimum Gasteiger partial charge on any atom is -0.302 e. The monoisotopic (exact) mass is 441 g/mol. The fourth-order valence-electron chi connectivity index (χ4n) is 2.77. The SMILES string of the molecule is O=C1CN(C(=O)c2c(F)ccc([N+](=O)[O-])c2F)C(c2cccc(Br)c2)N1O. The number of hydrogen-bond donors (Lipinski definition) is 1. The van der Waals surface area contributed by atoms with E-state index in [1.165, 1.54) is 12.1 Å². The molecule has 1 aliphatic rings. The number of carbonyl (C=O) groups is 2. The molecule has 0 spiro atoms. The quantitative estimate of drug-likeness (QED) is 0.447.